The Morgan fingerprint density at radius 1 is 1.36 bits per heavy atom. The Kier molecular flexibility index (Phi) is 5.71. The molecule has 0 N–H and O–H groups in total. The van der Waals surface area contributed by atoms with Crippen LogP contribution in [0.4, 0.5) is 13.2 Å². The van der Waals surface area contributed by atoms with Gasteiger partial charge in [0.1, 0.15) is 12.0 Å². The highest BCUT2D eigenvalue weighted by Gasteiger charge is 2.30. The second-order valence-corrected chi connectivity index (χ2v) is 6.02. The number of hydrogen-bond donors (Lipinski definition) is 0. The lowest BCUT2D eigenvalue weighted by molar-refractivity contribution is -0.137. The first-order chi connectivity index (χ1) is 11.7. The number of oxazole rings is 1. The van der Waals surface area contributed by atoms with Gasteiger partial charge in [-0.3, -0.25) is 4.79 Å². The van der Waals surface area contributed by atoms with Gasteiger partial charge in [0.25, 0.3) is 5.91 Å². The summed E-state index contributed by atoms with van der Waals surface area (Å²) in [6, 6.07) is 4.51. The van der Waals surface area contributed by atoms with Crippen LogP contribution in [0.5, 0.6) is 5.75 Å². The van der Waals surface area contributed by atoms with Crippen LogP contribution in [0.3, 0.4) is 0 Å². The quantitative estimate of drug-likeness (QED) is 0.785. The maximum Gasteiger partial charge on any atom is 0.416 e. The van der Waals surface area contributed by atoms with Crippen LogP contribution in [0.25, 0.3) is 0 Å². The summed E-state index contributed by atoms with van der Waals surface area (Å²) >= 11 is 0. The molecule has 1 heterocycles. The average Bonchev–Trinajstić information content (AvgIpc) is 3.00. The molecule has 0 aliphatic rings. The van der Waals surface area contributed by atoms with Gasteiger partial charge in [0.15, 0.2) is 12.3 Å². The molecule has 0 saturated heterocycles. The van der Waals surface area contributed by atoms with Gasteiger partial charge in [-0.2, -0.15) is 13.2 Å². The summed E-state index contributed by atoms with van der Waals surface area (Å²) in [5.41, 5.74) is -0.672. The van der Waals surface area contributed by atoms with Crippen molar-refractivity contribution in [2.45, 2.75) is 26.6 Å². The van der Waals surface area contributed by atoms with Crippen LogP contribution in [0.15, 0.2) is 34.9 Å². The number of alkyl halides is 3. The standard InChI is InChI=1S/C17H19F3N2O3/c1-11(2)8-22(3)16(23)14-9-25-15(21-14)10-24-13-6-4-5-12(7-13)17(18,19)20/h4-7,9,11H,8,10H2,1-3H3. The first-order valence-electron chi connectivity index (χ1n) is 7.66. The Bertz CT molecular complexity index is 726. The molecule has 136 valence electrons. The van der Waals surface area contributed by atoms with Crippen molar-refractivity contribution in [3.63, 3.8) is 0 Å². The summed E-state index contributed by atoms with van der Waals surface area (Å²) in [5.74, 6) is 0.170. The minimum absolute atomic E-state index is 0.0397. The molecule has 8 heteroatoms. The molecule has 1 amide bonds. The van der Waals surface area contributed by atoms with E-state index in [-0.39, 0.29) is 29.8 Å². The SMILES string of the molecule is CC(C)CN(C)C(=O)c1coc(COc2cccc(C(F)(F)F)c2)n1. The van der Waals surface area contributed by atoms with E-state index in [4.69, 9.17) is 9.15 Å². The van der Waals surface area contributed by atoms with Crippen molar-refractivity contribution in [1.82, 2.24) is 9.88 Å². The lowest BCUT2D eigenvalue weighted by Gasteiger charge is -2.17. The van der Waals surface area contributed by atoms with Crippen molar-refractivity contribution >= 4 is 5.91 Å². The molecule has 1 aromatic heterocycles. The van der Waals surface area contributed by atoms with E-state index in [1.54, 1.807) is 7.05 Å². The number of amides is 1. The Labute approximate surface area is 143 Å². The number of carbonyl (C=O) groups is 1. The largest absolute Gasteiger partial charge is 0.484 e. The molecular weight excluding hydrogens is 337 g/mol. The van der Waals surface area contributed by atoms with E-state index in [9.17, 15) is 18.0 Å². The zero-order chi connectivity index (χ0) is 18.6. The van der Waals surface area contributed by atoms with Crippen molar-refractivity contribution in [2.75, 3.05) is 13.6 Å². The van der Waals surface area contributed by atoms with Crippen LogP contribution in [-0.2, 0) is 12.8 Å². The second-order valence-electron chi connectivity index (χ2n) is 6.02. The zero-order valence-corrected chi connectivity index (χ0v) is 14.1. The number of benzene rings is 1. The summed E-state index contributed by atoms with van der Waals surface area (Å²) in [5, 5.41) is 0. The van der Waals surface area contributed by atoms with Gasteiger partial charge in [-0.25, -0.2) is 4.98 Å². The minimum Gasteiger partial charge on any atom is -0.484 e. The molecule has 0 fully saturated rings. The number of rotatable bonds is 6. The Morgan fingerprint density at radius 2 is 2.08 bits per heavy atom. The van der Waals surface area contributed by atoms with Crippen molar-refractivity contribution in [3.8, 4) is 5.75 Å². The summed E-state index contributed by atoms with van der Waals surface area (Å²) in [6.45, 7) is 4.37. The lowest BCUT2D eigenvalue weighted by atomic mass is 10.2. The van der Waals surface area contributed by atoms with Gasteiger partial charge in [0.05, 0.1) is 5.56 Å². The molecule has 0 saturated carbocycles. The van der Waals surface area contributed by atoms with E-state index >= 15 is 0 Å². The number of halogens is 3. The molecule has 1 aromatic carbocycles. The van der Waals surface area contributed by atoms with Crippen molar-refractivity contribution < 1.29 is 27.1 Å². The zero-order valence-electron chi connectivity index (χ0n) is 14.1. The van der Waals surface area contributed by atoms with E-state index < -0.39 is 11.7 Å². The normalized spacial score (nSPS) is 11.6. The fourth-order valence-corrected chi connectivity index (χ4v) is 2.21. The van der Waals surface area contributed by atoms with Gasteiger partial charge in [-0.15, -0.1) is 0 Å². The molecule has 2 rings (SSSR count). The predicted molar refractivity (Wildman–Crippen MR) is 84.1 cm³/mol. The third-order valence-electron chi connectivity index (χ3n) is 3.28. The first kappa shape index (κ1) is 18.8. The monoisotopic (exact) mass is 356 g/mol. The third kappa shape index (κ3) is 5.23. The average molecular weight is 356 g/mol. The van der Waals surface area contributed by atoms with E-state index in [1.807, 2.05) is 13.8 Å². The molecule has 2 aromatic rings. The molecule has 0 unspecified atom stereocenters. The smallest absolute Gasteiger partial charge is 0.416 e. The van der Waals surface area contributed by atoms with E-state index in [0.29, 0.717) is 12.5 Å². The Hall–Kier alpha value is -2.51. The van der Waals surface area contributed by atoms with Gasteiger partial charge < -0.3 is 14.1 Å². The maximum absolute atomic E-state index is 12.7. The van der Waals surface area contributed by atoms with Crippen molar-refractivity contribution in [2.24, 2.45) is 5.92 Å². The van der Waals surface area contributed by atoms with Gasteiger partial charge >= 0.3 is 6.18 Å². The number of nitrogens with zero attached hydrogens (tertiary/aromatic N) is 2. The highest BCUT2D eigenvalue weighted by atomic mass is 19.4. The molecular formula is C17H19F3N2O3. The van der Waals surface area contributed by atoms with Crippen LogP contribution in [-0.4, -0.2) is 29.4 Å². The number of ether oxygens (including phenoxy) is 1. The van der Waals surface area contributed by atoms with Gasteiger partial charge in [0.2, 0.25) is 5.89 Å². The number of aromatic nitrogens is 1. The molecule has 0 atom stereocenters. The lowest BCUT2D eigenvalue weighted by Crippen LogP contribution is -2.30. The molecule has 0 radical (unpaired) electrons. The predicted octanol–water partition coefficient (Wildman–Crippen LogP) is 4.00. The highest BCUT2D eigenvalue weighted by molar-refractivity contribution is 5.91. The van der Waals surface area contributed by atoms with Crippen molar-refractivity contribution in [1.29, 1.82) is 0 Å². The fourth-order valence-electron chi connectivity index (χ4n) is 2.21. The van der Waals surface area contributed by atoms with Crippen LogP contribution < -0.4 is 4.74 Å². The fraction of sp³-hybridized carbons (Fsp3) is 0.412. The van der Waals surface area contributed by atoms with Gasteiger partial charge in [0, 0.05) is 13.6 Å². The summed E-state index contributed by atoms with van der Waals surface area (Å²) < 4.78 is 48.4. The summed E-state index contributed by atoms with van der Waals surface area (Å²) in [6.07, 6.45) is -3.23. The first-order valence-corrected chi connectivity index (χ1v) is 7.66. The van der Waals surface area contributed by atoms with E-state index in [2.05, 4.69) is 4.98 Å². The summed E-state index contributed by atoms with van der Waals surface area (Å²) in [4.78, 5) is 17.7. The molecule has 0 bridgehead atoms. The minimum atomic E-state index is -4.44. The second kappa shape index (κ2) is 7.58. The number of carbonyl (C=O) groups excluding carboxylic acids is 1. The summed E-state index contributed by atoms with van der Waals surface area (Å²) in [7, 11) is 1.66. The Balaban J connectivity index is 1.99. The van der Waals surface area contributed by atoms with E-state index in [0.717, 1.165) is 12.1 Å². The molecule has 0 spiro atoms. The molecule has 5 nitrogen and oxygen atoms in total. The van der Waals surface area contributed by atoms with Crippen LogP contribution in [0.2, 0.25) is 0 Å². The van der Waals surface area contributed by atoms with Crippen LogP contribution >= 0.6 is 0 Å². The molecule has 0 aliphatic carbocycles. The van der Waals surface area contributed by atoms with Gasteiger partial charge in [-0.1, -0.05) is 19.9 Å². The van der Waals surface area contributed by atoms with Gasteiger partial charge in [-0.05, 0) is 24.1 Å². The van der Waals surface area contributed by atoms with Crippen LogP contribution in [0.1, 0.15) is 35.8 Å². The topological polar surface area (TPSA) is 55.6 Å². The Morgan fingerprint density at radius 3 is 2.72 bits per heavy atom. The maximum atomic E-state index is 12.7. The third-order valence-corrected chi connectivity index (χ3v) is 3.28. The molecule has 25 heavy (non-hydrogen) atoms. The van der Waals surface area contributed by atoms with E-state index in [1.165, 1.54) is 23.3 Å². The highest BCUT2D eigenvalue weighted by Crippen LogP contribution is 2.31. The molecule has 0 aliphatic heterocycles. The van der Waals surface area contributed by atoms with Crippen LogP contribution in [0, 0.1) is 5.92 Å². The van der Waals surface area contributed by atoms with Crippen molar-refractivity contribution in [3.05, 3.63) is 47.7 Å². The number of hydrogen-bond acceptors (Lipinski definition) is 4.